The van der Waals surface area contributed by atoms with Crippen molar-refractivity contribution in [2.45, 2.75) is 0 Å². The fraction of sp³-hybridized carbons (Fsp3) is 0. The second-order valence-corrected chi connectivity index (χ2v) is 13.6. The molecule has 0 saturated carbocycles. The van der Waals surface area contributed by atoms with Crippen LogP contribution >= 0.6 is 0 Å². The Morgan fingerprint density at radius 3 is 1.66 bits per heavy atom. The molecular weight excluding hydrogens is 607 g/mol. The van der Waals surface area contributed by atoms with Crippen molar-refractivity contribution in [3.63, 3.8) is 0 Å². The zero-order valence-corrected chi connectivity index (χ0v) is 26.9. The van der Waals surface area contributed by atoms with E-state index in [9.17, 15) is 0 Å². The Kier molecular flexibility index (Phi) is 5.00. The van der Waals surface area contributed by atoms with Gasteiger partial charge in [0.25, 0.3) is 0 Å². The zero-order valence-electron chi connectivity index (χ0n) is 26.9. The first-order valence-corrected chi connectivity index (χ1v) is 17.3. The molecule has 12 rings (SSSR count). The predicted molar refractivity (Wildman–Crippen MR) is 212 cm³/mol. The minimum Gasteiger partial charge on any atom is -0.455 e. The summed E-state index contributed by atoms with van der Waals surface area (Å²) in [5.74, 6) is 0. The van der Waals surface area contributed by atoms with Gasteiger partial charge in [-0.2, -0.15) is 0 Å². The van der Waals surface area contributed by atoms with Crippen LogP contribution in [0.15, 0.2) is 168 Å². The summed E-state index contributed by atoms with van der Waals surface area (Å²) in [4.78, 5) is 0. The Bertz CT molecular complexity index is 3380. The molecule has 0 aliphatic carbocycles. The molecule has 10 aromatic carbocycles. The van der Waals surface area contributed by atoms with Crippen LogP contribution in [-0.2, 0) is 0 Å². The molecule has 0 unspecified atom stereocenters. The Labute approximate surface area is 286 Å². The Morgan fingerprint density at radius 2 is 0.900 bits per heavy atom. The lowest BCUT2D eigenvalue weighted by Gasteiger charge is -2.18. The Hall–Kier alpha value is -6.64. The molecule has 0 saturated heterocycles. The van der Waals surface area contributed by atoms with Crippen LogP contribution in [0.4, 0.5) is 0 Å². The van der Waals surface area contributed by atoms with Crippen molar-refractivity contribution in [1.29, 1.82) is 0 Å². The average molecular weight is 634 g/mol. The van der Waals surface area contributed by atoms with Gasteiger partial charge in [-0.1, -0.05) is 127 Å². The van der Waals surface area contributed by atoms with Crippen LogP contribution in [0, 0.1) is 0 Å². The van der Waals surface area contributed by atoms with Gasteiger partial charge >= 0.3 is 0 Å². The number of furan rings is 1. The fourth-order valence-corrected chi connectivity index (χ4v) is 9.02. The Balaban J connectivity index is 1.14. The minimum atomic E-state index is 0.919. The van der Waals surface area contributed by atoms with Crippen molar-refractivity contribution < 1.29 is 4.42 Å². The van der Waals surface area contributed by atoms with Crippen molar-refractivity contribution >= 4 is 97.6 Å². The number of rotatable bonds is 2. The highest BCUT2D eigenvalue weighted by molar-refractivity contribution is 6.40. The smallest absolute Gasteiger partial charge is 0.143 e. The van der Waals surface area contributed by atoms with Gasteiger partial charge in [0.15, 0.2) is 0 Å². The van der Waals surface area contributed by atoms with E-state index in [2.05, 4.69) is 162 Å². The van der Waals surface area contributed by atoms with Crippen LogP contribution < -0.4 is 0 Å². The molecular formula is C48H27NO. The van der Waals surface area contributed by atoms with Crippen molar-refractivity contribution in [2.75, 3.05) is 0 Å². The summed E-state index contributed by atoms with van der Waals surface area (Å²) >= 11 is 0. The number of hydrogen-bond donors (Lipinski definition) is 0. The van der Waals surface area contributed by atoms with Gasteiger partial charge in [0.05, 0.1) is 11.0 Å². The molecule has 0 spiro atoms. The lowest BCUT2D eigenvalue weighted by atomic mass is 9.86. The molecule has 0 atom stereocenters. The molecule has 0 fully saturated rings. The molecule has 230 valence electrons. The SMILES string of the molecule is c1ccc2c(c1)oc1c(-c3ccc4c(c3)c3ccccc3n4-c3ccc4c(c3)c3cccc5c6ccccc6c6cccc4c6c53)cccc12. The summed E-state index contributed by atoms with van der Waals surface area (Å²) in [6, 6.07) is 60.0. The van der Waals surface area contributed by atoms with Gasteiger partial charge in [0.1, 0.15) is 11.2 Å². The first-order valence-electron chi connectivity index (χ1n) is 17.3. The number of para-hydroxylation sites is 3. The third-order valence-electron chi connectivity index (χ3n) is 11.1. The molecule has 12 aromatic rings. The second kappa shape index (κ2) is 9.49. The van der Waals surface area contributed by atoms with E-state index in [1.165, 1.54) is 75.7 Å². The highest BCUT2D eigenvalue weighted by Gasteiger charge is 2.19. The van der Waals surface area contributed by atoms with E-state index in [4.69, 9.17) is 4.42 Å². The van der Waals surface area contributed by atoms with E-state index in [-0.39, 0.29) is 0 Å². The molecule has 2 heterocycles. The van der Waals surface area contributed by atoms with E-state index in [1.54, 1.807) is 0 Å². The van der Waals surface area contributed by atoms with Crippen LogP contribution in [0.1, 0.15) is 0 Å². The maximum absolute atomic E-state index is 6.45. The monoisotopic (exact) mass is 633 g/mol. The summed E-state index contributed by atoms with van der Waals surface area (Å²) in [6.45, 7) is 0. The topological polar surface area (TPSA) is 18.1 Å². The number of fused-ring (bicyclic) bond motifs is 12. The van der Waals surface area contributed by atoms with Crippen LogP contribution in [0.2, 0.25) is 0 Å². The molecule has 2 nitrogen and oxygen atoms in total. The van der Waals surface area contributed by atoms with Crippen LogP contribution in [0.5, 0.6) is 0 Å². The molecule has 2 heteroatoms. The maximum Gasteiger partial charge on any atom is 0.143 e. The first-order chi connectivity index (χ1) is 24.8. The lowest BCUT2D eigenvalue weighted by Crippen LogP contribution is -1.95. The normalized spacial score (nSPS) is 12.4. The van der Waals surface area contributed by atoms with Crippen molar-refractivity contribution in [3.05, 3.63) is 164 Å². The van der Waals surface area contributed by atoms with Gasteiger partial charge in [-0.25, -0.2) is 0 Å². The van der Waals surface area contributed by atoms with E-state index in [1.807, 2.05) is 6.07 Å². The number of nitrogens with zero attached hydrogens (tertiary/aromatic N) is 1. The molecule has 2 aromatic heterocycles. The summed E-state index contributed by atoms with van der Waals surface area (Å²) in [7, 11) is 0. The van der Waals surface area contributed by atoms with E-state index >= 15 is 0 Å². The number of benzene rings is 10. The second-order valence-electron chi connectivity index (χ2n) is 13.6. The molecule has 0 aliphatic rings. The van der Waals surface area contributed by atoms with Gasteiger partial charge in [-0.05, 0) is 95.8 Å². The van der Waals surface area contributed by atoms with E-state index in [0.717, 1.165) is 38.8 Å². The van der Waals surface area contributed by atoms with Gasteiger partial charge in [-0.3, -0.25) is 0 Å². The maximum atomic E-state index is 6.45. The average Bonchev–Trinajstić information content (AvgIpc) is 3.73. The van der Waals surface area contributed by atoms with Crippen molar-refractivity contribution in [3.8, 4) is 16.8 Å². The van der Waals surface area contributed by atoms with Crippen LogP contribution in [0.25, 0.3) is 114 Å². The van der Waals surface area contributed by atoms with Gasteiger partial charge in [0, 0.05) is 32.8 Å². The van der Waals surface area contributed by atoms with Gasteiger partial charge < -0.3 is 8.98 Å². The molecule has 0 bridgehead atoms. The third-order valence-corrected chi connectivity index (χ3v) is 11.1. The van der Waals surface area contributed by atoms with Gasteiger partial charge in [0.2, 0.25) is 0 Å². The fourth-order valence-electron chi connectivity index (χ4n) is 9.02. The van der Waals surface area contributed by atoms with Crippen molar-refractivity contribution in [1.82, 2.24) is 4.57 Å². The summed E-state index contributed by atoms with van der Waals surface area (Å²) in [5.41, 5.74) is 7.67. The minimum absolute atomic E-state index is 0.919. The zero-order chi connectivity index (χ0) is 32.5. The quantitative estimate of drug-likeness (QED) is 0.137. The molecule has 0 N–H and O–H groups in total. The molecule has 0 radical (unpaired) electrons. The van der Waals surface area contributed by atoms with Crippen molar-refractivity contribution in [2.24, 2.45) is 0 Å². The predicted octanol–water partition coefficient (Wildman–Crippen LogP) is 13.6. The molecule has 0 amide bonds. The standard InChI is InChI=1S/C48H27NO/c1-2-11-32-31(10-1)36-15-8-17-38-33-24-23-29(27-41(33)39-18-9-16-37(32)47(39)46(36)38)49-43-20-5-3-12-34(43)42-26-28(22-25-44(42)49)30-14-7-19-40-35-13-4-6-21-45(35)50-48(30)40/h1-27H. The Morgan fingerprint density at radius 1 is 0.340 bits per heavy atom. The molecule has 0 aliphatic heterocycles. The third kappa shape index (κ3) is 3.32. The largest absolute Gasteiger partial charge is 0.455 e. The van der Waals surface area contributed by atoms with Crippen LogP contribution in [-0.4, -0.2) is 4.57 Å². The highest BCUT2D eigenvalue weighted by atomic mass is 16.3. The van der Waals surface area contributed by atoms with E-state index < -0.39 is 0 Å². The number of hydrogen-bond acceptors (Lipinski definition) is 1. The van der Waals surface area contributed by atoms with Gasteiger partial charge in [-0.15, -0.1) is 0 Å². The van der Waals surface area contributed by atoms with Crippen LogP contribution in [0.3, 0.4) is 0 Å². The summed E-state index contributed by atoms with van der Waals surface area (Å²) in [6.07, 6.45) is 0. The number of aromatic nitrogens is 1. The highest BCUT2D eigenvalue weighted by Crippen LogP contribution is 2.46. The lowest BCUT2D eigenvalue weighted by molar-refractivity contribution is 0.670. The summed E-state index contributed by atoms with van der Waals surface area (Å²) < 4.78 is 8.89. The summed E-state index contributed by atoms with van der Waals surface area (Å²) in [5, 5.41) is 17.9. The first kappa shape index (κ1) is 26.3. The van der Waals surface area contributed by atoms with E-state index in [0.29, 0.717) is 0 Å². The molecule has 50 heavy (non-hydrogen) atoms.